The van der Waals surface area contributed by atoms with Crippen molar-refractivity contribution in [2.45, 2.75) is 12.6 Å². The Morgan fingerprint density at radius 1 is 0.885 bits per heavy atom. The van der Waals surface area contributed by atoms with Gasteiger partial charge in [-0.25, -0.2) is 0 Å². The van der Waals surface area contributed by atoms with E-state index in [9.17, 15) is 0 Å². The summed E-state index contributed by atoms with van der Waals surface area (Å²) in [5, 5.41) is 0. The molecule has 4 rings (SSSR count). The molecular formula is C23H24N2O. The van der Waals surface area contributed by atoms with Gasteiger partial charge in [0.25, 0.3) is 0 Å². The maximum atomic E-state index is 6.09. The summed E-state index contributed by atoms with van der Waals surface area (Å²) in [6.45, 7) is 3.61. The molecule has 2 N–H and O–H groups in total. The van der Waals surface area contributed by atoms with Gasteiger partial charge >= 0.3 is 0 Å². The quantitative estimate of drug-likeness (QED) is 0.708. The number of hydrogen-bond donors (Lipinski definition) is 1. The molecule has 1 atom stereocenters. The van der Waals surface area contributed by atoms with Gasteiger partial charge in [0.2, 0.25) is 0 Å². The van der Waals surface area contributed by atoms with E-state index in [2.05, 4.69) is 59.5 Å². The molecule has 0 amide bonds. The average Bonchev–Trinajstić information content (AvgIpc) is 2.70. The lowest BCUT2D eigenvalue weighted by Crippen LogP contribution is -2.37. The van der Waals surface area contributed by atoms with E-state index in [0.29, 0.717) is 0 Å². The fourth-order valence-electron chi connectivity index (χ4n) is 3.52. The van der Waals surface area contributed by atoms with Crippen molar-refractivity contribution in [1.29, 1.82) is 0 Å². The van der Waals surface area contributed by atoms with E-state index in [-0.39, 0.29) is 6.10 Å². The minimum absolute atomic E-state index is 0.161. The lowest BCUT2D eigenvalue weighted by Gasteiger charge is -2.33. The Labute approximate surface area is 155 Å². The lowest BCUT2D eigenvalue weighted by atomic mass is 10.0. The lowest BCUT2D eigenvalue weighted by molar-refractivity contribution is -0.0329. The highest BCUT2D eigenvalue weighted by molar-refractivity contribution is 5.76. The van der Waals surface area contributed by atoms with Gasteiger partial charge in [-0.1, -0.05) is 72.8 Å². The Morgan fingerprint density at radius 3 is 2.38 bits per heavy atom. The molecule has 3 heteroatoms. The maximum absolute atomic E-state index is 6.09. The minimum Gasteiger partial charge on any atom is -0.398 e. The molecule has 1 fully saturated rings. The molecule has 0 spiro atoms. The summed E-state index contributed by atoms with van der Waals surface area (Å²) in [4.78, 5) is 2.47. The molecule has 3 nitrogen and oxygen atoms in total. The van der Waals surface area contributed by atoms with Gasteiger partial charge in [-0.2, -0.15) is 0 Å². The van der Waals surface area contributed by atoms with E-state index >= 15 is 0 Å². The standard InChI is InChI=1S/C23H24N2O/c24-22-9-5-4-8-21(22)19-12-10-18(11-13-19)16-25-14-15-26-23(17-25)20-6-2-1-3-7-20/h1-13,23H,14-17,24H2. The van der Waals surface area contributed by atoms with E-state index in [1.54, 1.807) is 0 Å². The second-order valence-electron chi connectivity index (χ2n) is 6.79. The van der Waals surface area contributed by atoms with Crippen LogP contribution in [0.4, 0.5) is 5.69 Å². The summed E-state index contributed by atoms with van der Waals surface area (Å²) in [6.07, 6.45) is 0.161. The van der Waals surface area contributed by atoms with Crippen LogP contribution in [0.15, 0.2) is 78.9 Å². The first-order valence-electron chi connectivity index (χ1n) is 9.12. The summed E-state index contributed by atoms with van der Waals surface area (Å²) >= 11 is 0. The average molecular weight is 344 g/mol. The molecule has 1 unspecified atom stereocenters. The number of ether oxygens (including phenoxy) is 1. The molecule has 0 saturated carbocycles. The van der Waals surface area contributed by atoms with Gasteiger partial charge in [0.15, 0.2) is 0 Å². The van der Waals surface area contributed by atoms with Gasteiger partial charge in [-0.3, -0.25) is 4.90 Å². The zero-order chi connectivity index (χ0) is 17.8. The largest absolute Gasteiger partial charge is 0.398 e. The number of para-hydroxylation sites is 1. The second-order valence-corrected chi connectivity index (χ2v) is 6.79. The smallest absolute Gasteiger partial charge is 0.0952 e. The molecule has 1 aliphatic rings. The van der Waals surface area contributed by atoms with Gasteiger partial charge in [0.05, 0.1) is 12.7 Å². The number of nitrogen functional groups attached to an aromatic ring is 1. The van der Waals surface area contributed by atoms with Gasteiger partial charge in [-0.15, -0.1) is 0 Å². The third-order valence-electron chi connectivity index (χ3n) is 4.95. The zero-order valence-corrected chi connectivity index (χ0v) is 14.8. The summed E-state index contributed by atoms with van der Waals surface area (Å²) < 4.78 is 5.97. The van der Waals surface area contributed by atoms with E-state index in [1.807, 2.05) is 24.3 Å². The maximum Gasteiger partial charge on any atom is 0.0952 e. The third-order valence-corrected chi connectivity index (χ3v) is 4.95. The normalized spacial score (nSPS) is 17.9. The SMILES string of the molecule is Nc1ccccc1-c1ccc(CN2CCOC(c3ccccc3)C2)cc1. The van der Waals surface area contributed by atoms with Crippen molar-refractivity contribution in [1.82, 2.24) is 4.90 Å². The Hall–Kier alpha value is -2.62. The van der Waals surface area contributed by atoms with Gasteiger partial charge in [0.1, 0.15) is 0 Å². The van der Waals surface area contributed by atoms with Crippen LogP contribution in [-0.2, 0) is 11.3 Å². The molecule has 3 aromatic rings. The number of anilines is 1. The summed E-state index contributed by atoms with van der Waals surface area (Å²) in [7, 11) is 0. The first kappa shape index (κ1) is 16.8. The van der Waals surface area contributed by atoms with Crippen LogP contribution in [0.5, 0.6) is 0 Å². The molecule has 3 aromatic carbocycles. The molecule has 26 heavy (non-hydrogen) atoms. The van der Waals surface area contributed by atoms with Gasteiger partial charge in [0, 0.05) is 30.9 Å². The molecule has 0 aromatic heterocycles. The van der Waals surface area contributed by atoms with Crippen molar-refractivity contribution >= 4 is 5.69 Å². The van der Waals surface area contributed by atoms with Crippen molar-refractivity contribution < 1.29 is 4.74 Å². The Bertz CT molecular complexity index is 846. The monoisotopic (exact) mass is 344 g/mol. The van der Waals surface area contributed by atoms with Crippen molar-refractivity contribution in [2.24, 2.45) is 0 Å². The summed E-state index contributed by atoms with van der Waals surface area (Å²) in [6, 6.07) is 27.2. The topological polar surface area (TPSA) is 38.5 Å². The molecule has 1 heterocycles. The van der Waals surface area contributed by atoms with E-state index in [0.717, 1.165) is 43.1 Å². The Kier molecular flexibility index (Phi) is 5.00. The first-order chi connectivity index (χ1) is 12.8. The molecule has 1 saturated heterocycles. The van der Waals surface area contributed by atoms with Crippen LogP contribution >= 0.6 is 0 Å². The first-order valence-corrected chi connectivity index (χ1v) is 9.12. The number of nitrogens with zero attached hydrogens (tertiary/aromatic N) is 1. The Morgan fingerprint density at radius 2 is 1.62 bits per heavy atom. The number of morpholine rings is 1. The van der Waals surface area contributed by atoms with Crippen molar-refractivity contribution in [2.75, 3.05) is 25.4 Å². The predicted octanol–water partition coefficient (Wildman–Crippen LogP) is 4.51. The highest BCUT2D eigenvalue weighted by Gasteiger charge is 2.21. The summed E-state index contributed by atoms with van der Waals surface area (Å²) in [5.74, 6) is 0. The van der Waals surface area contributed by atoms with Crippen molar-refractivity contribution in [3.05, 3.63) is 90.0 Å². The number of benzene rings is 3. The van der Waals surface area contributed by atoms with Crippen LogP contribution in [-0.4, -0.2) is 24.6 Å². The third kappa shape index (κ3) is 3.79. The molecule has 0 aliphatic carbocycles. The highest BCUT2D eigenvalue weighted by Crippen LogP contribution is 2.27. The van der Waals surface area contributed by atoms with Crippen LogP contribution in [0.25, 0.3) is 11.1 Å². The van der Waals surface area contributed by atoms with Crippen LogP contribution in [0.2, 0.25) is 0 Å². The van der Waals surface area contributed by atoms with Gasteiger partial charge < -0.3 is 10.5 Å². The Balaban J connectivity index is 1.43. The molecule has 132 valence electrons. The summed E-state index contributed by atoms with van der Waals surface area (Å²) in [5.41, 5.74) is 11.7. The van der Waals surface area contributed by atoms with Crippen molar-refractivity contribution in [3.63, 3.8) is 0 Å². The second kappa shape index (κ2) is 7.73. The van der Waals surface area contributed by atoms with Crippen LogP contribution < -0.4 is 5.73 Å². The van der Waals surface area contributed by atoms with Crippen LogP contribution in [0, 0.1) is 0 Å². The fraction of sp³-hybridized carbons (Fsp3) is 0.217. The minimum atomic E-state index is 0.161. The highest BCUT2D eigenvalue weighted by atomic mass is 16.5. The predicted molar refractivity (Wildman–Crippen MR) is 107 cm³/mol. The zero-order valence-electron chi connectivity index (χ0n) is 14.8. The van der Waals surface area contributed by atoms with Gasteiger partial charge in [-0.05, 0) is 22.8 Å². The van der Waals surface area contributed by atoms with Crippen LogP contribution in [0.3, 0.4) is 0 Å². The molecule has 0 bridgehead atoms. The van der Waals surface area contributed by atoms with E-state index in [1.165, 1.54) is 11.1 Å². The van der Waals surface area contributed by atoms with Crippen molar-refractivity contribution in [3.8, 4) is 11.1 Å². The van der Waals surface area contributed by atoms with Crippen LogP contribution in [0.1, 0.15) is 17.2 Å². The van der Waals surface area contributed by atoms with E-state index < -0.39 is 0 Å². The number of rotatable bonds is 4. The molecular weight excluding hydrogens is 320 g/mol. The fourth-order valence-corrected chi connectivity index (χ4v) is 3.52. The number of nitrogens with two attached hydrogens (primary N) is 1. The molecule has 0 radical (unpaired) electrons. The molecule has 1 aliphatic heterocycles. The van der Waals surface area contributed by atoms with E-state index in [4.69, 9.17) is 10.5 Å². The number of hydrogen-bond acceptors (Lipinski definition) is 3.